The molecule has 0 aromatic rings. The van der Waals surface area contributed by atoms with Gasteiger partial charge in [-0.25, -0.2) is 0 Å². The molecular weight excluding hydrogens is 138 g/mol. The van der Waals surface area contributed by atoms with Crippen LogP contribution in [0.5, 0.6) is 0 Å². The van der Waals surface area contributed by atoms with Crippen LogP contribution in [0.2, 0.25) is 0 Å². The van der Waals surface area contributed by atoms with E-state index >= 15 is 0 Å². The fourth-order valence-electron chi connectivity index (χ4n) is 1.07. The SMILES string of the molecule is CCCCCCC(C)(C)[NH2+][O-]. The molecule has 0 amide bonds. The minimum atomic E-state index is -0.0895. The molecule has 0 heterocycles. The molecule has 0 rings (SSSR count). The Morgan fingerprint density at radius 3 is 2.27 bits per heavy atom. The fraction of sp³-hybridized carbons (Fsp3) is 1.00. The van der Waals surface area contributed by atoms with Gasteiger partial charge in [0.2, 0.25) is 0 Å². The Kier molecular flexibility index (Phi) is 5.51. The van der Waals surface area contributed by atoms with Gasteiger partial charge in [0.15, 0.2) is 0 Å². The van der Waals surface area contributed by atoms with Crippen molar-refractivity contribution in [1.29, 1.82) is 0 Å². The summed E-state index contributed by atoms with van der Waals surface area (Å²) in [5.74, 6) is 0. The monoisotopic (exact) mass is 159 g/mol. The summed E-state index contributed by atoms with van der Waals surface area (Å²) in [6.45, 7) is 6.21. The molecule has 0 radical (unpaired) electrons. The molecule has 0 aromatic heterocycles. The van der Waals surface area contributed by atoms with E-state index in [1.165, 1.54) is 25.7 Å². The van der Waals surface area contributed by atoms with Crippen LogP contribution in [0.25, 0.3) is 0 Å². The number of hydrogen-bond acceptors (Lipinski definition) is 1. The summed E-state index contributed by atoms with van der Waals surface area (Å²) in [5.41, 5.74) is 0.979. The molecule has 0 unspecified atom stereocenters. The summed E-state index contributed by atoms with van der Waals surface area (Å²) in [4.78, 5) is 0. The van der Waals surface area contributed by atoms with Crippen LogP contribution in [-0.2, 0) is 0 Å². The Balaban J connectivity index is 3.23. The maximum absolute atomic E-state index is 10.5. The van der Waals surface area contributed by atoms with Crippen LogP contribution in [0, 0.1) is 5.21 Å². The molecular formula is C9H21NO. The van der Waals surface area contributed by atoms with E-state index < -0.39 is 0 Å². The van der Waals surface area contributed by atoms with Gasteiger partial charge in [-0.3, -0.25) is 0 Å². The summed E-state index contributed by atoms with van der Waals surface area (Å²) in [6, 6.07) is 0. The second kappa shape index (κ2) is 5.56. The predicted octanol–water partition coefficient (Wildman–Crippen LogP) is 1.80. The Hall–Kier alpha value is -0.0800. The van der Waals surface area contributed by atoms with Gasteiger partial charge < -0.3 is 10.7 Å². The minimum Gasteiger partial charge on any atom is -0.635 e. The first-order chi connectivity index (χ1) is 5.12. The standard InChI is InChI=1S/C9H21NO/c1-4-5-6-7-8-9(2,3)10-11/h4-8,10H2,1-3H3. The van der Waals surface area contributed by atoms with E-state index in [2.05, 4.69) is 6.92 Å². The summed E-state index contributed by atoms with van der Waals surface area (Å²) >= 11 is 0. The molecule has 0 aliphatic rings. The lowest BCUT2D eigenvalue weighted by atomic mass is 9.98. The van der Waals surface area contributed by atoms with Crippen LogP contribution < -0.4 is 5.48 Å². The van der Waals surface area contributed by atoms with Gasteiger partial charge >= 0.3 is 0 Å². The quantitative estimate of drug-likeness (QED) is 0.466. The van der Waals surface area contributed by atoms with Gasteiger partial charge in [-0.05, 0) is 20.3 Å². The van der Waals surface area contributed by atoms with Gasteiger partial charge in [0, 0.05) is 6.42 Å². The molecule has 11 heavy (non-hydrogen) atoms. The molecule has 0 bridgehead atoms. The molecule has 0 aliphatic heterocycles. The largest absolute Gasteiger partial charge is 0.635 e. The van der Waals surface area contributed by atoms with Crippen LogP contribution in [-0.4, -0.2) is 5.54 Å². The van der Waals surface area contributed by atoms with Gasteiger partial charge in [-0.1, -0.05) is 26.2 Å². The van der Waals surface area contributed by atoms with E-state index in [1.54, 1.807) is 0 Å². The Bertz CT molecular complexity index is 91.6. The number of hydroxylamine groups is 1. The van der Waals surface area contributed by atoms with Gasteiger partial charge in [-0.15, -0.1) is 0 Å². The third-order valence-electron chi connectivity index (χ3n) is 1.99. The molecule has 2 N–H and O–H groups in total. The molecule has 2 nitrogen and oxygen atoms in total. The van der Waals surface area contributed by atoms with E-state index in [4.69, 9.17) is 0 Å². The van der Waals surface area contributed by atoms with Crippen molar-refractivity contribution < 1.29 is 5.48 Å². The van der Waals surface area contributed by atoms with E-state index in [-0.39, 0.29) is 5.54 Å². The normalized spacial score (nSPS) is 12.0. The smallest absolute Gasteiger partial charge is 0.0901 e. The zero-order valence-corrected chi connectivity index (χ0v) is 8.02. The van der Waals surface area contributed by atoms with Crippen molar-refractivity contribution in [1.82, 2.24) is 0 Å². The predicted molar refractivity (Wildman–Crippen MR) is 48.1 cm³/mol. The van der Waals surface area contributed by atoms with E-state index in [1.807, 2.05) is 13.8 Å². The number of nitrogens with two attached hydrogens (primary N) is 1. The highest BCUT2D eigenvalue weighted by atomic mass is 16.5. The molecule has 2 heteroatoms. The Morgan fingerprint density at radius 2 is 1.82 bits per heavy atom. The third kappa shape index (κ3) is 6.32. The van der Waals surface area contributed by atoms with Crippen molar-refractivity contribution >= 4 is 0 Å². The molecule has 0 spiro atoms. The maximum atomic E-state index is 10.5. The minimum absolute atomic E-state index is 0.0895. The summed E-state index contributed by atoms with van der Waals surface area (Å²) < 4.78 is 0. The average Bonchev–Trinajstić information content (AvgIpc) is 1.99. The van der Waals surface area contributed by atoms with Crippen LogP contribution in [0.4, 0.5) is 0 Å². The van der Waals surface area contributed by atoms with Gasteiger partial charge in [0.1, 0.15) is 0 Å². The highest BCUT2D eigenvalue weighted by Gasteiger charge is 2.15. The van der Waals surface area contributed by atoms with Crippen LogP contribution in [0.1, 0.15) is 52.9 Å². The van der Waals surface area contributed by atoms with E-state index in [0.717, 1.165) is 11.9 Å². The van der Waals surface area contributed by atoms with Crippen molar-refractivity contribution in [2.75, 3.05) is 0 Å². The molecule has 0 fully saturated rings. The second-order valence-electron chi connectivity index (χ2n) is 3.92. The Labute approximate surface area is 70.0 Å². The van der Waals surface area contributed by atoms with Crippen molar-refractivity contribution in [2.45, 2.75) is 58.4 Å². The maximum Gasteiger partial charge on any atom is 0.0901 e. The summed E-state index contributed by atoms with van der Waals surface area (Å²) in [6.07, 6.45) is 6.07. The zero-order valence-electron chi connectivity index (χ0n) is 8.02. The van der Waals surface area contributed by atoms with E-state index in [9.17, 15) is 5.21 Å². The van der Waals surface area contributed by atoms with Crippen LogP contribution in [0.3, 0.4) is 0 Å². The summed E-state index contributed by atoms with van der Waals surface area (Å²) in [5, 5.41) is 10.5. The lowest BCUT2D eigenvalue weighted by Gasteiger charge is -2.24. The number of rotatable bonds is 6. The summed E-state index contributed by atoms with van der Waals surface area (Å²) in [7, 11) is 0. The van der Waals surface area contributed by atoms with Crippen molar-refractivity contribution in [2.24, 2.45) is 0 Å². The first kappa shape index (κ1) is 10.9. The van der Waals surface area contributed by atoms with Crippen molar-refractivity contribution in [3.05, 3.63) is 5.21 Å². The van der Waals surface area contributed by atoms with E-state index in [0.29, 0.717) is 0 Å². The van der Waals surface area contributed by atoms with Crippen LogP contribution in [0.15, 0.2) is 0 Å². The molecule has 68 valence electrons. The van der Waals surface area contributed by atoms with Crippen molar-refractivity contribution in [3.63, 3.8) is 0 Å². The first-order valence-electron chi connectivity index (χ1n) is 4.59. The average molecular weight is 159 g/mol. The molecule has 0 aliphatic carbocycles. The molecule has 0 aromatic carbocycles. The zero-order chi connectivity index (χ0) is 8.74. The molecule has 0 saturated heterocycles. The van der Waals surface area contributed by atoms with Gasteiger partial charge in [0.25, 0.3) is 0 Å². The highest BCUT2D eigenvalue weighted by molar-refractivity contribution is 4.63. The first-order valence-corrected chi connectivity index (χ1v) is 4.59. The number of hydrogen-bond donors (Lipinski definition) is 1. The molecule has 0 saturated carbocycles. The van der Waals surface area contributed by atoms with Crippen molar-refractivity contribution in [3.8, 4) is 0 Å². The van der Waals surface area contributed by atoms with Gasteiger partial charge in [0.05, 0.1) is 5.54 Å². The number of unbranched alkanes of at least 4 members (excludes halogenated alkanes) is 3. The third-order valence-corrected chi connectivity index (χ3v) is 1.99. The highest BCUT2D eigenvalue weighted by Crippen LogP contribution is 2.10. The topological polar surface area (TPSA) is 39.7 Å². The lowest BCUT2D eigenvalue weighted by Crippen LogP contribution is -2.89. The van der Waals surface area contributed by atoms with Gasteiger partial charge in [-0.2, -0.15) is 0 Å². The lowest BCUT2D eigenvalue weighted by molar-refractivity contribution is -0.663. The van der Waals surface area contributed by atoms with Crippen LogP contribution >= 0.6 is 0 Å². The molecule has 0 atom stereocenters. The Morgan fingerprint density at radius 1 is 1.18 bits per heavy atom. The second-order valence-corrected chi connectivity index (χ2v) is 3.92. The number of quaternary nitrogens is 1. The fourth-order valence-corrected chi connectivity index (χ4v) is 1.07.